The van der Waals surface area contributed by atoms with Crippen molar-refractivity contribution in [1.82, 2.24) is 4.90 Å². The Labute approximate surface area is 100 Å². The fourth-order valence-electron chi connectivity index (χ4n) is 2.14. The molecule has 0 atom stereocenters. The maximum atomic E-state index is 11.8. The Morgan fingerprint density at radius 2 is 1.62 bits per heavy atom. The van der Waals surface area contributed by atoms with Crippen molar-refractivity contribution in [1.29, 1.82) is 0 Å². The Morgan fingerprint density at radius 3 is 2.00 bits per heavy atom. The van der Waals surface area contributed by atoms with Gasteiger partial charge in [-0.05, 0) is 31.6 Å². The molecule has 0 N–H and O–H groups in total. The molecule has 0 unspecified atom stereocenters. The first-order valence-corrected chi connectivity index (χ1v) is 6.97. The van der Waals surface area contributed by atoms with Crippen molar-refractivity contribution in [2.75, 3.05) is 13.1 Å². The zero-order valence-electron chi connectivity index (χ0n) is 11.2. The first-order valence-electron chi connectivity index (χ1n) is 6.97. The van der Waals surface area contributed by atoms with Gasteiger partial charge in [0.05, 0.1) is 0 Å². The van der Waals surface area contributed by atoms with Crippen molar-refractivity contribution in [3.05, 3.63) is 0 Å². The predicted octanol–water partition coefficient (Wildman–Crippen LogP) is 3.46. The van der Waals surface area contributed by atoms with Gasteiger partial charge in [0.25, 0.3) is 0 Å². The quantitative estimate of drug-likeness (QED) is 0.669. The van der Waals surface area contributed by atoms with Gasteiger partial charge in [0.15, 0.2) is 0 Å². The molecule has 0 radical (unpaired) electrons. The smallest absolute Gasteiger partial charge is 0.225 e. The highest BCUT2D eigenvalue weighted by Crippen LogP contribution is 2.29. The van der Waals surface area contributed by atoms with Gasteiger partial charge in [-0.3, -0.25) is 4.79 Å². The summed E-state index contributed by atoms with van der Waals surface area (Å²) in [7, 11) is 0. The van der Waals surface area contributed by atoms with Crippen molar-refractivity contribution in [2.45, 2.75) is 59.3 Å². The summed E-state index contributed by atoms with van der Waals surface area (Å²) in [5, 5.41) is 0. The van der Waals surface area contributed by atoms with E-state index in [9.17, 15) is 4.79 Å². The highest BCUT2D eigenvalue weighted by atomic mass is 16.2. The molecule has 2 heteroatoms. The standard InChI is InChI=1S/C11H19NO.C3H8/c1-9-5-7-12(8-6-9)11(13)10-3-2-4-10;1-3-2/h9-10H,2-8H2,1H3;3H2,1-2H3. The Balaban J connectivity index is 0.000000386. The third-order valence-electron chi connectivity index (χ3n) is 3.55. The van der Waals surface area contributed by atoms with Crippen LogP contribution in [0.2, 0.25) is 0 Å². The number of rotatable bonds is 1. The van der Waals surface area contributed by atoms with E-state index in [-0.39, 0.29) is 0 Å². The molecule has 2 nitrogen and oxygen atoms in total. The summed E-state index contributed by atoms with van der Waals surface area (Å²) < 4.78 is 0. The number of likely N-dealkylation sites (tertiary alicyclic amines) is 1. The van der Waals surface area contributed by atoms with Crippen LogP contribution in [0.25, 0.3) is 0 Å². The zero-order valence-corrected chi connectivity index (χ0v) is 11.2. The fraction of sp³-hybridized carbons (Fsp3) is 0.929. The summed E-state index contributed by atoms with van der Waals surface area (Å²) in [6, 6.07) is 0. The van der Waals surface area contributed by atoms with Gasteiger partial charge >= 0.3 is 0 Å². The summed E-state index contributed by atoms with van der Waals surface area (Å²) in [4.78, 5) is 13.9. The van der Waals surface area contributed by atoms with Crippen LogP contribution in [0.4, 0.5) is 0 Å². The molecule has 1 saturated carbocycles. The molecule has 1 saturated heterocycles. The largest absolute Gasteiger partial charge is 0.342 e. The maximum absolute atomic E-state index is 11.8. The number of nitrogens with zero attached hydrogens (tertiary/aromatic N) is 1. The van der Waals surface area contributed by atoms with Crippen molar-refractivity contribution in [3.63, 3.8) is 0 Å². The van der Waals surface area contributed by atoms with E-state index in [2.05, 4.69) is 25.7 Å². The van der Waals surface area contributed by atoms with Crippen molar-refractivity contribution in [3.8, 4) is 0 Å². The molecule has 0 spiro atoms. The average Bonchev–Trinajstić information content (AvgIpc) is 2.17. The molecule has 16 heavy (non-hydrogen) atoms. The first kappa shape index (κ1) is 13.5. The monoisotopic (exact) mass is 225 g/mol. The lowest BCUT2D eigenvalue weighted by Gasteiger charge is -2.35. The second kappa shape index (κ2) is 6.93. The van der Waals surface area contributed by atoms with E-state index in [1.54, 1.807) is 0 Å². The van der Waals surface area contributed by atoms with Gasteiger partial charge in [0, 0.05) is 19.0 Å². The van der Waals surface area contributed by atoms with Crippen LogP contribution in [0.15, 0.2) is 0 Å². The lowest BCUT2D eigenvalue weighted by Crippen LogP contribution is -2.43. The third-order valence-corrected chi connectivity index (χ3v) is 3.55. The predicted molar refractivity (Wildman–Crippen MR) is 68.3 cm³/mol. The van der Waals surface area contributed by atoms with Crippen LogP contribution in [-0.2, 0) is 4.79 Å². The SMILES string of the molecule is CC1CCN(C(=O)C2CCC2)CC1.CCC. The summed E-state index contributed by atoms with van der Waals surface area (Å²) in [6.07, 6.45) is 7.22. The highest BCUT2D eigenvalue weighted by Gasteiger charge is 2.30. The molecule has 1 aliphatic carbocycles. The van der Waals surface area contributed by atoms with Gasteiger partial charge in [-0.25, -0.2) is 0 Å². The van der Waals surface area contributed by atoms with E-state index in [0.717, 1.165) is 31.8 Å². The molecule has 0 aromatic rings. The van der Waals surface area contributed by atoms with Crippen molar-refractivity contribution in [2.24, 2.45) is 11.8 Å². The topological polar surface area (TPSA) is 20.3 Å². The number of piperidine rings is 1. The fourth-order valence-corrected chi connectivity index (χ4v) is 2.14. The van der Waals surface area contributed by atoms with Crippen molar-refractivity contribution < 1.29 is 4.79 Å². The number of carbonyl (C=O) groups is 1. The average molecular weight is 225 g/mol. The van der Waals surface area contributed by atoms with Gasteiger partial charge in [-0.15, -0.1) is 0 Å². The highest BCUT2D eigenvalue weighted by molar-refractivity contribution is 5.79. The van der Waals surface area contributed by atoms with E-state index in [0.29, 0.717) is 11.8 Å². The second-order valence-corrected chi connectivity index (χ2v) is 5.34. The molecule has 2 fully saturated rings. The Hall–Kier alpha value is -0.530. The molecule has 2 rings (SSSR count). The third kappa shape index (κ3) is 3.80. The van der Waals surface area contributed by atoms with Crippen molar-refractivity contribution >= 4 is 5.91 Å². The lowest BCUT2D eigenvalue weighted by molar-refractivity contribution is -0.139. The normalized spacial score (nSPS) is 22.1. The van der Waals surface area contributed by atoms with Crippen LogP contribution in [0.1, 0.15) is 59.3 Å². The van der Waals surface area contributed by atoms with Crippen LogP contribution in [-0.4, -0.2) is 23.9 Å². The molecule has 1 amide bonds. The molecule has 0 bridgehead atoms. The number of hydrogen-bond donors (Lipinski definition) is 0. The van der Waals surface area contributed by atoms with Gasteiger partial charge < -0.3 is 4.90 Å². The van der Waals surface area contributed by atoms with E-state index in [1.165, 1.54) is 25.7 Å². The van der Waals surface area contributed by atoms with E-state index >= 15 is 0 Å². The molecular weight excluding hydrogens is 198 g/mol. The van der Waals surface area contributed by atoms with E-state index < -0.39 is 0 Å². The van der Waals surface area contributed by atoms with Gasteiger partial charge in [-0.2, -0.15) is 0 Å². The van der Waals surface area contributed by atoms with Gasteiger partial charge in [-0.1, -0.05) is 33.6 Å². The molecule has 2 aliphatic rings. The Morgan fingerprint density at radius 1 is 1.12 bits per heavy atom. The van der Waals surface area contributed by atoms with E-state index in [4.69, 9.17) is 0 Å². The van der Waals surface area contributed by atoms with Crippen LogP contribution in [0.5, 0.6) is 0 Å². The molecule has 1 heterocycles. The Kier molecular flexibility index (Phi) is 5.86. The number of amides is 1. The maximum Gasteiger partial charge on any atom is 0.225 e. The summed E-state index contributed by atoms with van der Waals surface area (Å²) in [5.74, 6) is 1.66. The van der Waals surface area contributed by atoms with E-state index in [1.807, 2.05) is 0 Å². The second-order valence-electron chi connectivity index (χ2n) is 5.34. The van der Waals surface area contributed by atoms with Gasteiger partial charge in [0.2, 0.25) is 5.91 Å². The van der Waals surface area contributed by atoms with Crippen LogP contribution in [0.3, 0.4) is 0 Å². The number of carbonyl (C=O) groups excluding carboxylic acids is 1. The van der Waals surface area contributed by atoms with Crippen LogP contribution < -0.4 is 0 Å². The summed E-state index contributed by atoms with van der Waals surface area (Å²) in [6.45, 7) is 8.55. The first-order chi connectivity index (χ1) is 7.69. The Bertz CT molecular complexity index is 203. The zero-order chi connectivity index (χ0) is 12.0. The van der Waals surface area contributed by atoms with Crippen LogP contribution in [0, 0.1) is 11.8 Å². The van der Waals surface area contributed by atoms with Gasteiger partial charge in [0.1, 0.15) is 0 Å². The lowest BCUT2D eigenvalue weighted by atomic mass is 9.83. The summed E-state index contributed by atoms with van der Waals surface area (Å²) >= 11 is 0. The molecule has 1 aliphatic heterocycles. The minimum Gasteiger partial charge on any atom is -0.342 e. The minimum absolute atomic E-state index is 0.397. The number of hydrogen-bond acceptors (Lipinski definition) is 1. The van der Waals surface area contributed by atoms with Crippen LogP contribution >= 0.6 is 0 Å². The molecule has 94 valence electrons. The molecule has 0 aromatic carbocycles. The summed E-state index contributed by atoms with van der Waals surface area (Å²) in [5.41, 5.74) is 0. The molecule has 0 aromatic heterocycles. The minimum atomic E-state index is 0.397. The molecular formula is C14H27NO.